The molecule has 2 rings (SSSR count). The van der Waals surface area contributed by atoms with Crippen LogP contribution in [-0.2, 0) is 10.0 Å². The molecular weight excluding hydrogens is 314 g/mol. The van der Waals surface area contributed by atoms with Gasteiger partial charge in [-0.1, -0.05) is 18.2 Å². The van der Waals surface area contributed by atoms with Crippen LogP contribution in [0.3, 0.4) is 0 Å². The van der Waals surface area contributed by atoms with Gasteiger partial charge >= 0.3 is 0 Å². The van der Waals surface area contributed by atoms with Gasteiger partial charge in [0.15, 0.2) is 5.78 Å². The highest BCUT2D eigenvalue weighted by Gasteiger charge is 2.21. The molecule has 0 aliphatic carbocycles. The zero-order valence-corrected chi connectivity index (χ0v) is 13.9. The molecule has 5 nitrogen and oxygen atoms in total. The van der Waals surface area contributed by atoms with Gasteiger partial charge in [-0.15, -0.1) is 0 Å². The van der Waals surface area contributed by atoms with E-state index >= 15 is 0 Å². The standard InChI is InChI=1S/C17H19NO4S/c1-18(23(20,21)16-6-4-3-5-7-16)13-12-17(19)14-8-10-15(22-2)11-9-14/h3-11H,12-13H2,1-2H3. The predicted molar refractivity (Wildman–Crippen MR) is 88.2 cm³/mol. The molecule has 6 heteroatoms. The summed E-state index contributed by atoms with van der Waals surface area (Å²) in [6, 6.07) is 14.9. The van der Waals surface area contributed by atoms with Crippen LogP contribution in [0.1, 0.15) is 16.8 Å². The number of carbonyl (C=O) groups is 1. The second-order valence-electron chi connectivity index (χ2n) is 5.04. The van der Waals surface area contributed by atoms with E-state index in [0.717, 1.165) is 0 Å². The number of carbonyl (C=O) groups excluding carboxylic acids is 1. The molecule has 0 atom stereocenters. The Hall–Kier alpha value is -2.18. The maximum absolute atomic E-state index is 12.4. The smallest absolute Gasteiger partial charge is 0.242 e. The summed E-state index contributed by atoms with van der Waals surface area (Å²) in [5.74, 6) is 0.563. The number of methoxy groups -OCH3 is 1. The van der Waals surface area contributed by atoms with E-state index in [9.17, 15) is 13.2 Å². The van der Waals surface area contributed by atoms with Gasteiger partial charge in [-0.05, 0) is 36.4 Å². The lowest BCUT2D eigenvalue weighted by Crippen LogP contribution is -2.29. The minimum Gasteiger partial charge on any atom is -0.497 e. The van der Waals surface area contributed by atoms with E-state index in [1.54, 1.807) is 49.6 Å². The van der Waals surface area contributed by atoms with Crippen molar-refractivity contribution in [2.24, 2.45) is 0 Å². The highest BCUT2D eigenvalue weighted by Crippen LogP contribution is 2.16. The fourth-order valence-corrected chi connectivity index (χ4v) is 3.27. The summed E-state index contributed by atoms with van der Waals surface area (Å²) in [6.45, 7) is 0.127. The normalized spacial score (nSPS) is 11.4. The van der Waals surface area contributed by atoms with Gasteiger partial charge in [0.25, 0.3) is 0 Å². The van der Waals surface area contributed by atoms with Crippen LogP contribution in [0, 0.1) is 0 Å². The third-order valence-corrected chi connectivity index (χ3v) is 5.39. The van der Waals surface area contributed by atoms with E-state index in [1.165, 1.54) is 23.5 Å². The van der Waals surface area contributed by atoms with E-state index in [2.05, 4.69) is 0 Å². The van der Waals surface area contributed by atoms with E-state index in [1.807, 2.05) is 0 Å². The number of hydrogen-bond donors (Lipinski definition) is 0. The molecule has 0 heterocycles. The van der Waals surface area contributed by atoms with Crippen LogP contribution in [0.2, 0.25) is 0 Å². The Morgan fingerprint density at radius 2 is 1.65 bits per heavy atom. The Balaban J connectivity index is 2.00. The molecule has 0 aliphatic rings. The van der Waals surface area contributed by atoms with Gasteiger partial charge in [0.2, 0.25) is 10.0 Å². The number of benzene rings is 2. The van der Waals surface area contributed by atoms with Crippen molar-refractivity contribution in [2.45, 2.75) is 11.3 Å². The lowest BCUT2D eigenvalue weighted by molar-refractivity contribution is 0.0978. The topological polar surface area (TPSA) is 63.7 Å². The molecule has 0 amide bonds. The molecule has 0 bridgehead atoms. The first-order valence-electron chi connectivity index (χ1n) is 7.14. The van der Waals surface area contributed by atoms with Crippen molar-refractivity contribution in [2.75, 3.05) is 20.7 Å². The van der Waals surface area contributed by atoms with Gasteiger partial charge in [-0.2, -0.15) is 0 Å². The van der Waals surface area contributed by atoms with Crippen molar-refractivity contribution in [3.63, 3.8) is 0 Å². The van der Waals surface area contributed by atoms with Crippen LogP contribution in [0.25, 0.3) is 0 Å². The molecule has 0 radical (unpaired) electrons. The third kappa shape index (κ3) is 4.18. The van der Waals surface area contributed by atoms with Crippen molar-refractivity contribution < 1.29 is 17.9 Å². The number of hydrogen-bond acceptors (Lipinski definition) is 4. The number of ketones is 1. The molecule has 0 spiro atoms. The number of sulfonamides is 1. The number of rotatable bonds is 7. The minimum atomic E-state index is -3.57. The molecule has 0 saturated carbocycles. The fraction of sp³-hybridized carbons (Fsp3) is 0.235. The van der Waals surface area contributed by atoms with Crippen molar-refractivity contribution >= 4 is 15.8 Å². The first-order valence-corrected chi connectivity index (χ1v) is 8.58. The van der Waals surface area contributed by atoms with E-state index in [-0.39, 0.29) is 23.6 Å². The van der Waals surface area contributed by atoms with Crippen molar-refractivity contribution in [3.05, 3.63) is 60.2 Å². The quantitative estimate of drug-likeness (QED) is 0.731. The second kappa shape index (κ2) is 7.39. The van der Waals surface area contributed by atoms with Gasteiger partial charge in [0.05, 0.1) is 12.0 Å². The van der Waals surface area contributed by atoms with Gasteiger partial charge in [0, 0.05) is 25.6 Å². The Morgan fingerprint density at radius 3 is 2.22 bits per heavy atom. The summed E-state index contributed by atoms with van der Waals surface area (Å²) >= 11 is 0. The molecular formula is C17H19NO4S. The molecule has 23 heavy (non-hydrogen) atoms. The van der Waals surface area contributed by atoms with Crippen LogP contribution >= 0.6 is 0 Å². The zero-order chi connectivity index (χ0) is 16.9. The maximum atomic E-state index is 12.4. The van der Waals surface area contributed by atoms with Crippen LogP contribution in [0.5, 0.6) is 5.75 Å². The summed E-state index contributed by atoms with van der Waals surface area (Å²) in [5, 5.41) is 0. The van der Waals surface area contributed by atoms with Crippen LogP contribution in [-0.4, -0.2) is 39.2 Å². The summed E-state index contributed by atoms with van der Waals surface area (Å²) in [4.78, 5) is 12.4. The Labute approximate surface area is 136 Å². The molecule has 0 N–H and O–H groups in total. The SMILES string of the molecule is COc1ccc(C(=O)CCN(C)S(=O)(=O)c2ccccc2)cc1. The monoisotopic (exact) mass is 333 g/mol. The van der Waals surface area contributed by atoms with Gasteiger partial charge in [0.1, 0.15) is 5.75 Å². The van der Waals surface area contributed by atoms with Crippen LogP contribution in [0.15, 0.2) is 59.5 Å². The number of ether oxygens (including phenoxy) is 1. The average Bonchev–Trinajstić information content (AvgIpc) is 2.60. The number of Topliss-reactive ketones (excluding diaryl/α,β-unsaturated/α-hetero) is 1. The Kier molecular flexibility index (Phi) is 5.52. The number of nitrogens with zero attached hydrogens (tertiary/aromatic N) is 1. The molecule has 2 aromatic carbocycles. The predicted octanol–water partition coefficient (Wildman–Crippen LogP) is 2.59. The Bertz CT molecular complexity index is 755. The fourth-order valence-electron chi connectivity index (χ4n) is 2.07. The summed E-state index contributed by atoms with van der Waals surface area (Å²) in [7, 11) is -0.535. The summed E-state index contributed by atoms with van der Waals surface area (Å²) in [6.07, 6.45) is 0.120. The average molecular weight is 333 g/mol. The first kappa shape index (κ1) is 17.2. The van der Waals surface area contributed by atoms with Gasteiger partial charge in [-0.3, -0.25) is 4.79 Å². The zero-order valence-electron chi connectivity index (χ0n) is 13.1. The highest BCUT2D eigenvalue weighted by molar-refractivity contribution is 7.89. The first-order chi connectivity index (χ1) is 10.9. The molecule has 0 aliphatic heterocycles. The summed E-state index contributed by atoms with van der Waals surface area (Å²) < 4.78 is 31.0. The molecule has 0 saturated heterocycles. The lowest BCUT2D eigenvalue weighted by atomic mass is 10.1. The third-order valence-electron chi connectivity index (χ3n) is 3.52. The van der Waals surface area contributed by atoms with Gasteiger partial charge < -0.3 is 4.74 Å². The molecule has 122 valence electrons. The molecule has 0 fully saturated rings. The van der Waals surface area contributed by atoms with Crippen molar-refractivity contribution in [3.8, 4) is 5.75 Å². The molecule has 0 unspecified atom stereocenters. The summed E-state index contributed by atoms with van der Waals surface area (Å²) in [5.41, 5.74) is 0.538. The van der Waals surface area contributed by atoms with Crippen LogP contribution in [0.4, 0.5) is 0 Å². The minimum absolute atomic E-state index is 0.109. The van der Waals surface area contributed by atoms with Crippen molar-refractivity contribution in [1.82, 2.24) is 4.31 Å². The Morgan fingerprint density at radius 1 is 1.04 bits per heavy atom. The van der Waals surface area contributed by atoms with Crippen LogP contribution < -0.4 is 4.74 Å². The maximum Gasteiger partial charge on any atom is 0.242 e. The van der Waals surface area contributed by atoms with E-state index in [4.69, 9.17) is 4.74 Å². The van der Waals surface area contributed by atoms with E-state index < -0.39 is 10.0 Å². The second-order valence-corrected chi connectivity index (χ2v) is 7.09. The largest absolute Gasteiger partial charge is 0.497 e. The van der Waals surface area contributed by atoms with Crippen molar-refractivity contribution in [1.29, 1.82) is 0 Å². The molecule has 2 aromatic rings. The lowest BCUT2D eigenvalue weighted by Gasteiger charge is -2.16. The van der Waals surface area contributed by atoms with Gasteiger partial charge in [-0.25, -0.2) is 12.7 Å². The van der Waals surface area contributed by atoms with E-state index in [0.29, 0.717) is 11.3 Å². The highest BCUT2D eigenvalue weighted by atomic mass is 32.2. The molecule has 0 aromatic heterocycles.